The van der Waals surface area contributed by atoms with Gasteiger partial charge in [0.15, 0.2) is 0 Å². The summed E-state index contributed by atoms with van der Waals surface area (Å²) in [5, 5.41) is 8.79. The van der Waals surface area contributed by atoms with Crippen molar-refractivity contribution < 1.29 is 4.74 Å². The first-order valence-corrected chi connectivity index (χ1v) is 6.96. The van der Waals surface area contributed by atoms with Gasteiger partial charge in [0.25, 0.3) is 0 Å². The lowest BCUT2D eigenvalue weighted by Gasteiger charge is -2.11. The summed E-state index contributed by atoms with van der Waals surface area (Å²) in [5.41, 5.74) is 2.92. The van der Waals surface area contributed by atoms with Gasteiger partial charge in [-0.2, -0.15) is 5.26 Å². The topological polar surface area (TPSA) is 33.0 Å². The standard InChI is InChI=1S/C18H19NO/c1-3-14(2)13-20-18-10-8-17(9-11-18)16-6-4-15(12-19)5-7-16/h4-11,14H,3,13H2,1-2H3/t14-/m0/s1. The maximum absolute atomic E-state index is 8.79. The van der Waals surface area contributed by atoms with Gasteiger partial charge in [-0.3, -0.25) is 0 Å². The van der Waals surface area contributed by atoms with E-state index in [1.165, 1.54) is 0 Å². The summed E-state index contributed by atoms with van der Waals surface area (Å²) in [5.74, 6) is 1.48. The predicted octanol–water partition coefficient (Wildman–Crippen LogP) is 4.65. The SMILES string of the molecule is CC[C@H](C)COc1ccc(-c2ccc(C#N)cc2)cc1. The maximum Gasteiger partial charge on any atom is 0.119 e. The largest absolute Gasteiger partial charge is 0.493 e. The number of nitrogens with zero attached hydrogens (tertiary/aromatic N) is 1. The Bertz CT molecular complexity index is 578. The van der Waals surface area contributed by atoms with Gasteiger partial charge in [-0.1, -0.05) is 44.5 Å². The molecule has 0 radical (unpaired) electrons. The number of hydrogen-bond donors (Lipinski definition) is 0. The molecule has 0 fully saturated rings. The molecule has 0 spiro atoms. The van der Waals surface area contributed by atoms with Crippen LogP contribution in [0.25, 0.3) is 11.1 Å². The van der Waals surface area contributed by atoms with E-state index in [9.17, 15) is 0 Å². The molecule has 0 amide bonds. The number of nitriles is 1. The van der Waals surface area contributed by atoms with E-state index in [-0.39, 0.29) is 0 Å². The minimum Gasteiger partial charge on any atom is -0.493 e. The van der Waals surface area contributed by atoms with Crippen LogP contribution in [0.2, 0.25) is 0 Å². The van der Waals surface area contributed by atoms with Crippen LogP contribution >= 0.6 is 0 Å². The fourth-order valence-electron chi connectivity index (χ4n) is 1.84. The molecule has 0 aromatic heterocycles. The Hall–Kier alpha value is -2.27. The van der Waals surface area contributed by atoms with Gasteiger partial charge in [0.2, 0.25) is 0 Å². The van der Waals surface area contributed by atoms with Crippen molar-refractivity contribution in [3.05, 3.63) is 54.1 Å². The van der Waals surface area contributed by atoms with E-state index >= 15 is 0 Å². The zero-order valence-corrected chi connectivity index (χ0v) is 12.0. The van der Waals surface area contributed by atoms with E-state index in [2.05, 4.69) is 19.9 Å². The Labute approximate surface area is 120 Å². The first kappa shape index (κ1) is 14.1. The summed E-state index contributed by atoms with van der Waals surface area (Å²) in [4.78, 5) is 0. The molecule has 0 aliphatic heterocycles. The van der Waals surface area contributed by atoms with Crippen molar-refractivity contribution in [2.24, 2.45) is 5.92 Å². The Morgan fingerprint density at radius 1 is 1.00 bits per heavy atom. The molecular formula is C18H19NO. The van der Waals surface area contributed by atoms with E-state index in [4.69, 9.17) is 10.00 Å². The third-order valence-corrected chi connectivity index (χ3v) is 3.43. The van der Waals surface area contributed by atoms with E-state index in [0.717, 1.165) is 29.9 Å². The third-order valence-electron chi connectivity index (χ3n) is 3.43. The molecule has 2 aromatic rings. The fraction of sp³-hybridized carbons (Fsp3) is 0.278. The van der Waals surface area contributed by atoms with Crippen LogP contribution in [0.15, 0.2) is 48.5 Å². The number of ether oxygens (including phenoxy) is 1. The van der Waals surface area contributed by atoms with Crippen LogP contribution in [0.5, 0.6) is 5.75 Å². The van der Waals surface area contributed by atoms with E-state index in [1.807, 2.05) is 48.5 Å². The van der Waals surface area contributed by atoms with Crippen molar-refractivity contribution >= 4 is 0 Å². The molecule has 2 nitrogen and oxygen atoms in total. The predicted molar refractivity (Wildman–Crippen MR) is 81.5 cm³/mol. The average molecular weight is 265 g/mol. The molecule has 1 atom stereocenters. The van der Waals surface area contributed by atoms with Crippen LogP contribution in [0.3, 0.4) is 0 Å². The first-order valence-electron chi connectivity index (χ1n) is 6.96. The Balaban J connectivity index is 2.05. The molecule has 0 saturated carbocycles. The summed E-state index contributed by atoms with van der Waals surface area (Å²) < 4.78 is 5.74. The molecular weight excluding hydrogens is 246 g/mol. The molecule has 102 valence electrons. The van der Waals surface area contributed by atoms with Crippen molar-refractivity contribution in [1.82, 2.24) is 0 Å². The highest BCUT2D eigenvalue weighted by Gasteiger charge is 2.02. The molecule has 0 unspecified atom stereocenters. The molecule has 2 aromatic carbocycles. The second-order valence-electron chi connectivity index (χ2n) is 5.04. The summed E-state index contributed by atoms with van der Waals surface area (Å²) in [7, 11) is 0. The minimum absolute atomic E-state index is 0.577. The van der Waals surface area contributed by atoms with Crippen molar-refractivity contribution in [3.8, 4) is 22.9 Å². The Morgan fingerprint density at radius 2 is 1.55 bits per heavy atom. The van der Waals surface area contributed by atoms with Crippen LogP contribution in [-0.2, 0) is 0 Å². The summed E-state index contributed by atoms with van der Waals surface area (Å²) in [6.45, 7) is 5.11. The molecule has 0 heterocycles. The van der Waals surface area contributed by atoms with Crippen molar-refractivity contribution in [2.45, 2.75) is 20.3 Å². The molecule has 0 N–H and O–H groups in total. The van der Waals surface area contributed by atoms with Gasteiger partial charge in [0.1, 0.15) is 5.75 Å². The minimum atomic E-state index is 0.577. The molecule has 0 saturated heterocycles. The Kier molecular flexibility index (Phi) is 4.79. The number of benzene rings is 2. The van der Waals surface area contributed by atoms with E-state index in [1.54, 1.807) is 0 Å². The molecule has 2 heteroatoms. The second kappa shape index (κ2) is 6.77. The fourth-order valence-corrected chi connectivity index (χ4v) is 1.84. The smallest absolute Gasteiger partial charge is 0.119 e. The van der Waals surface area contributed by atoms with Crippen LogP contribution in [0.4, 0.5) is 0 Å². The highest BCUT2D eigenvalue weighted by molar-refractivity contribution is 5.64. The van der Waals surface area contributed by atoms with Crippen LogP contribution in [0.1, 0.15) is 25.8 Å². The quantitative estimate of drug-likeness (QED) is 0.788. The van der Waals surface area contributed by atoms with Crippen molar-refractivity contribution in [2.75, 3.05) is 6.61 Å². The average Bonchev–Trinajstić information content (AvgIpc) is 2.53. The molecule has 0 aliphatic carbocycles. The molecule has 0 bridgehead atoms. The van der Waals surface area contributed by atoms with E-state index in [0.29, 0.717) is 11.5 Å². The Morgan fingerprint density at radius 3 is 2.05 bits per heavy atom. The molecule has 0 aliphatic rings. The van der Waals surface area contributed by atoms with Gasteiger partial charge in [0.05, 0.1) is 18.2 Å². The van der Waals surface area contributed by atoms with Gasteiger partial charge in [-0.05, 0) is 41.3 Å². The van der Waals surface area contributed by atoms with Gasteiger partial charge < -0.3 is 4.74 Å². The lowest BCUT2D eigenvalue weighted by molar-refractivity contribution is 0.256. The zero-order chi connectivity index (χ0) is 14.4. The van der Waals surface area contributed by atoms with Crippen LogP contribution < -0.4 is 4.74 Å². The zero-order valence-electron chi connectivity index (χ0n) is 12.0. The number of rotatable bonds is 5. The van der Waals surface area contributed by atoms with Crippen LogP contribution in [-0.4, -0.2) is 6.61 Å². The highest BCUT2D eigenvalue weighted by Crippen LogP contribution is 2.23. The van der Waals surface area contributed by atoms with E-state index < -0.39 is 0 Å². The van der Waals surface area contributed by atoms with Gasteiger partial charge in [0, 0.05) is 0 Å². The number of hydrogen-bond acceptors (Lipinski definition) is 2. The van der Waals surface area contributed by atoms with Gasteiger partial charge >= 0.3 is 0 Å². The van der Waals surface area contributed by atoms with Gasteiger partial charge in [-0.15, -0.1) is 0 Å². The maximum atomic E-state index is 8.79. The normalized spacial score (nSPS) is 11.7. The molecule has 20 heavy (non-hydrogen) atoms. The summed E-state index contributed by atoms with van der Waals surface area (Å²) in [6, 6.07) is 17.8. The summed E-state index contributed by atoms with van der Waals surface area (Å²) in [6.07, 6.45) is 1.13. The molecule has 2 rings (SSSR count). The highest BCUT2D eigenvalue weighted by atomic mass is 16.5. The lowest BCUT2D eigenvalue weighted by Crippen LogP contribution is -2.06. The summed E-state index contributed by atoms with van der Waals surface area (Å²) >= 11 is 0. The van der Waals surface area contributed by atoms with Crippen molar-refractivity contribution in [1.29, 1.82) is 5.26 Å². The second-order valence-corrected chi connectivity index (χ2v) is 5.04. The van der Waals surface area contributed by atoms with Crippen LogP contribution in [0, 0.1) is 17.2 Å². The van der Waals surface area contributed by atoms with Crippen molar-refractivity contribution in [3.63, 3.8) is 0 Å². The monoisotopic (exact) mass is 265 g/mol. The van der Waals surface area contributed by atoms with Gasteiger partial charge in [-0.25, -0.2) is 0 Å². The first-order chi connectivity index (χ1) is 9.72. The lowest BCUT2D eigenvalue weighted by atomic mass is 10.0. The third kappa shape index (κ3) is 3.61.